The molecule has 0 unspecified atom stereocenters. The maximum absolute atomic E-state index is 12.8. The quantitative estimate of drug-likeness (QED) is 0.893. The number of anilines is 1. The fourth-order valence-electron chi connectivity index (χ4n) is 2.55. The molecule has 1 fully saturated rings. The van der Waals surface area contributed by atoms with Crippen molar-refractivity contribution in [2.24, 2.45) is 5.41 Å². The summed E-state index contributed by atoms with van der Waals surface area (Å²) in [7, 11) is 0. The highest BCUT2D eigenvalue weighted by molar-refractivity contribution is 5.76. The largest absolute Gasteiger partial charge is 0.481 e. The van der Waals surface area contributed by atoms with Gasteiger partial charge in [0.25, 0.3) is 0 Å². The van der Waals surface area contributed by atoms with Crippen molar-refractivity contribution in [1.29, 1.82) is 0 Å². The van der Waals surface area contributed by atoms with Crippen LogP contribution < -0.4 is 5.32 Å². The molecular formula is C13H15F3N2O2. The Bertz CT molecular complexity index is 497. The number of aromatic nitrogens is 1. The number of halogens is 3. The summed E-state index contributed by atoms with van der Waals surface area (Å²) in [5.74, 6) is -1.28. The van der Waals surface area contributed by atoms with Gasteiger partial charge in [-0.25, -0.2) is 4.98 Å². The van der Waals surface area contributed by atoms with E-state index in [1.807, 2.05) is 0 Å². The molecule has 4 nitrogen and oxygen atoms in total. The molecule has 2 rings (SSSR count). The summed E-state index contributed by atoms with van der Waals surface area (Å²) in [6.45, 7) is -0.0393. The average molecular weight is 288 g/mol. The van der Waals surface area contributed by atoms with Gasteiger partial charge in [0, 0.05) is 12.7 Å². The lowest BCUT2D eigenvalue weighted by Crippen LogP contribution is -2.35. The Morgan fingerprint density at radius 2 is 2.05 bits per heavy atom. The van der Waals surface area contributed by atoms with Crippen molar-refractivity contribution in [3.05, 3.63) is 23.9 Å². The van der Waals surface area contributed by atoms with E-state index in [1.54, 1.807) is 0 Å². The molecule has 1 saturated carbocycles. The minimum Gasteiger partial charge on any atom is -0.481 e. The van der Waals surface area contributed by atoms with Crippen LogP contribution in [0.4, 0.5) is 19.0 Å². The second-order valence-corrected chi connectivity index (χ2v) is 5.04. The Labute approximate surface area is 114 Å². The molecule has 2 N–H and O–H groups in total. The zero-order chi connectivity index (χ0) is 14.8. The van der Waals surface area contributed by atoms with Crippen molar-refractivity contribution in [1.82, 2.24) is 4.98 Å². The minimum absolute atomic E-state index is 0.0393. The van der Waals surface area contributed by atoms with Crippen LogP contribution in [-0.4, -0.2) is 22.6 Å². The van der Waals surface area contributed by atoms with Gasteiger partial charge >= 0.3 is 12.1 Å². The molecular weight excluding hydrogens is 273 g/mol. The second kappa shape index (κ2) is 5.30. The average Bonchev–Trinajstić information content (AvgIpc) is 2.86. The first-order chi connectivity index (χ1) is 9.35. The number of carboxylic acid groups (broad SMARTS) is 1. The molecule has 0 aromatic carbocycles. The van der Waals surface area contributed by atoms with E-state index >= 15 is 0 Å². The summed E-state index contributed by atoms with van der Waals surface area (Å²) in [5, 5.41) is 11.9. The van der Waals surface area contributed by atoms with Crippen LogP contribution in [0.1, 0.15) is 31.2 Å². The van der Waals surface area contributed by atoms with Gasteiger partial charge in [0.05, 0.1) is 11.0 Å². The van der Waals surface area contributed by atoms with Crippen molar-refractivity contribution in [2.75, 3.05) is 11.9 Å². The van der Waals surface area contributed by atoms with Crippen molar-refractivity contribution in [3.63, 3.8) is 0 Å². The first-order valence-corrected chi connectivity index (χ1v) is 6.35. The van der Waals surface area contributed by atoms with Gasteiger partial charge in [-0.05, 0) is 25.0 Å². The molecule has 0 saturated heterocycles. The van der Waals surface area contributed by atoms with E-state index in [1.165, 1.54) is 12.3 Å². The van der Waals surface area contributed by atoms with E-state index in [2.05, 4.69) is 10.3 Å². The lowest BCUT2D eigenvalue weighted by Gasteiger charge is -2.25. The summed E-state index contributed by atoms with van der Waals surface area (Å²) >= 11 is 0. The van der Waals surface area contributed by atoms with Crippen LogP contribution in [0.15, 0.2) is 18.3 Å². The van der Waals surface area contributed by atoms with Crippen molar-refractivity contribution in [3.8, 4) is 0 Å². The maximum atomic E-state index is 12.8. The predicted octanol–water partition coefficient (Wildman–Crippen LogP) is 3.16. The lowest BCUT2D eigenvalue weighted by molar-refractivity contribution is -0.147. The van der Waals surface area contributed by atoms with E-state index in [9.17, 15) is 23.1 Å². The van der Waals surface area contributed by atoms with E-state index in [0.29, 0.717) is 12.8 Å². The molecule has 20 heavy (non-hydrogen) atoms. The molecule has 0 atom stereocenters. The molecule has 1 aliphatic carbocycles. The zero-order valence-corrected chi connectivity index (χ0v) is 10.7. The fourth-order valence-corrected chi connectivity index (χ4v) is 2.55. The number of nitrogens with zero attached hydrogens (tertiary/aromatic N) is 1. The van der Waals surface area contributed by atoms with Crippen LogP contribution in [0.3, 0.4) is 0 Å². The molecule has 7 heteroatoms. The van der Waals surface area contributed by atoms with Crippen LogP contribution in [-0.2, 0) is 11.0 Å². The topological polar surface area (TPSA) is 62.2 Å². The molecule has 0 bridgehead atoms. The molecule has 0 aliphatic heterocycles. The summed E-state index contributed by atoms with van der Waals surface area (Å²) in [5.41, 5.74) is -1.86. The Morgan fingerprint density at radius 3 is 2.60 bits per heavy atom. The molecule has 0 radical (unpaired) electrons. The first kappa shape index (κ1) is 14.6. The fraction of sp³-hybridized carbons (Fsp3) is 0.538. The Balaban J connectivity index is 2.17. The Morgan fingerprint density at radius 1 is 1.40 bits per heavy atom. The smallest absolute Gasteiger partial charge is 0.419 e. The van der Waals surface area contributed by atoms with Crippen molar-refractivity contribution >= 4 is 11.8 Å². The number of pyridine rings is 1. The third kappa shape index (κ3) is 2.86. The number of rotatable bonds is 4. The van der Waals surface area contributed by atoms with E-state index in [4.69, 9.17) is 0 Å². The van der Waals surface area contributed by atoms with Crippen LogP contribution in [0.5, 0.6) is 0 Å². The van der Waals surface area contributed by atoms with Crippen LogP contribution >= 0.6 is 0 Å². The van der Waals surface area contributed by atoms with Crippen LogP contribution in [0, 0.1) is 5.41 Å². The van der Waals surface area contributed by atoms with Gasteiger partial charge in [-0.3, -0.25) is 4.79 Å². The first-order valence-electron chi connectivity index (χ1n) is 6.35. The molecule has 1 aromatic heterocycles. The molecule has 1 aliphatic rings. The molecule has 0 spiro atoms. The monoisotopic (exact) mass is 288 g/mol. The third-order valence-corrected chi connectivity index (χ3v) is 3.72. The maximum Gasteiger partial charge on any atom is 0.419 e. The summed E-state index contributed by atoms with van der Waals surface area (Å²) in [4.78, 5) is 15.0. The van der Waals surface area contributed by atoms with E-state index in [-0.39, 0.29) is 12.4 Å². The van der Waals surface area contributed by atoms with Crippen LogP contribution in [0.2, 0.25) is 0 Å². The van der Waals surface area contributed by atoms with Crippen molar-refractivity contribution in [2.45, 2.75) is 31.9 Å². The zero-order valence-electron chi connectivity index (χ0n) is 10.7. The van der Waals surface area contributed by atoms with Crippen molar-refractivity contribution < 1.29 is 23.1 Å². The normalized spacial score (nSPS) is 17.9. The minimum atomic E-state index is -4.51. The van der Waals surface area contributed by atoms with E-state index in [0.717, 1.165) is 18.9 Å². The Kier molecular flexibility index (Phi) is 3.87. The Hall–Kier alpha value is -1.79. The lowest BCUT2D eigenvalue weighted by atomic mass is 9.86. The third-order valence-electron chi connectivity index (χ3n) is 3.72. The number of hydrogen-bond donors (Lipinski definition) is 2. The number of carboxylic acids is 1. The van der Waals surface area contributed by atoms with Gasteiger partial charge < -0.3 is 10.4 Å². The summed E-state index contributed by atoms with van der Waals surface area (Å²) < 4.78 is 38.4. The number of carbonyl (C=O) groups is 1. The van der Waals surface area contributed by atoms with Gasteiger partial charge in [-0.2, -0.15) is 13.2 Å². The highest BCUT2D eigenvalue weighted by Gasteiger charge is 2.42. The highest BCUT2D eigenvalue weighted by Crippen LogP contribution is 2.39. The highest BCUT2D eigenvalue weighted by atomic mass is 19.4. The van der Waals surface area contributed by atoms with Gasteiger partial charge in [0.2, 0.25) is 0 Å². The van der Waals surface area contributed by atoms with Gasteiger partial charge in [0.1, 0.15) is 5.82 Å². The van der Waals surface area contributed by atoms with Gasteiger partial charge in [0.15, 0.2) is 0 Å². The van der Waals surface area contributed by atoms with Gasteiger partial charge in [-0.1, -0.05) is 12.8 Å². The molecule has 1 heterocycles. The molecule has 0 amide bonds. The number of hydrogen-bond acceptors (Lipinski definition) is 3. The predicted molar refractivity (Wildman–Crippen MR) is 66.3 cm³/mol. The second-order valence-electron chi connectivity index (χ2n) is 5.04. The molecule has 110 valence electrons. The summed E-state index contributed by atoms with van der Waals surface area (Å²) in [6.07, 6.45) is -0.750. The SMILES string of the molecule is O=C(O)C1(CNc2ncccc2C(F)(F)F)CCCC1. The van der Waals surface area contributed by atoms with Crippen LogP contribution in [0.25, 0.3) is 0 Å². The number of alkyl halides is 3. The van der Waals surface area contributed by atoms with Gasteiger partial charge in [-0.15, -0.1) is 0 Å². The summed E-state index contributed by atoms with van der Waals surface area (Å²) in [6, 6.07) is 2.13. The number of nitrogens with one attached hydrogen (secondary N) is 1. The standard InChI is InChI=1S/C13H15F3N2O2/c14-13(15,16)9-4-3-7-17-10(9)18-8-12(11(19)20)5-1-2-6-12/h3-4,7H,1-2,5-6,8H2,(H,17,18)(H,19,20). The van der Waals surface area contributed by atoms with E-state index < -0.39 is 23.1 Å². The number of aliphatic carboxylic acids is 1. The molecule has 1 aromatic rings.